The van der Waals surface area contributed by atoms with Crippen LogP contribution >= 0.6 is 0 Å². The molecule has 0 saturated carbocycles. The van der Waals surface area contributed by atoms with Crippen LogP contribution in [0.3, 0.4) is 0 Å². The lowest BCUT2D eigenvalue weighted by molar-refractivity contribution is 0.438. The Hall–Kier alpha value is -2.37. The van der Waals surface area contributed by atoms with Gasteiger partial charge in [-0.1, -0.05) is 11.6 Å². The van der Waals surface area contributed by atoms with E-state index in [0.29, 0.717) is 11.3 Å². The van der Waals surface area contributed by atoms with Gasteiger partial charge in [0.25, 0.3) is 0 Å². The van der Waals surface area contributed by atoms with Crippen molar-refractivity contribution < 1.29 is 4.74 Å². The monoisotopic (exact) mass is 231 g/mol. The van der Waals surface area contributed by atoms with E-state index in [9.17, 15) is 0 Å². The predicted octanol–water partition coefficient (Wildman–Crippen LogP) is 1.20. The van der Waals surface area contributed by atoms with Crippen LogP contribution in [0.5, 0.6) is 11.8 Å². The second-order valence-electron chi connectivity index (χ2n) is 3.72. The van der Waals surface area contributed by atoms with Crippen molar-refractivity contribution in [3.8, 4) is 11.8 Å². The number of nitrogens with two attached hydrogens (primary N) is 1. The molecule has 6 nitrogen and oxygen atoms in total. The van der Waals surface area contributed by atoms with Crippen LogP contribution in [0, 0.1) is 12.3 Å². The van der Waals surface area contributed by atoms with Gasteiger partial charge < -0.3 is 10.5 Å². The van der Waals surface area contributed by atoms with Gasteiger partial charge in [0.15, 0.2) is 0 Å². The van der Waals surface area contributed by atoms with Crippen molar-refractivity contribution in [2.45, 2.75) is 6.92 Å². The molecule has 0 unspecified atom stereocenters. The molecule has 0 spiro atoms. The molecule has 0 fully saturated rings. The minimum Gasteiger partial charge on any atom is -0.422 e. The zero-order valence-electron chi connectivity index (χ0n) is 9.64. The van der Waals surface area contributed by atoms with E-state index in [0.717, 1.165) is 5.56 Å². The zero-order chi connectivity index (χ0) is 12.4. The maximum atomic E-state index is 7.50. The van der Waals surface area contributed by atoms with Crippen molar-refractivity contribution in [3.05, 3.63) is 35.7 Å². The summed E-state index contributed by atoms with van der Waals surface area (Å²) in [6, 6.07) is 5.66. The van der Waals surface area contributed by atoms with Gasteiger partial charge in [-0.25, -0.2) is 0 Å². The normalized spacial score (nSPS) is 10.2. The molecule has 0 bridgehead atoms. The zero-order valence-corrected chi connectivity index (χ0v) is 9.64. The molecule has 88 valence electrons. The van der Waals surface area contributed by atoms with Crippen molar-refractivity contribution >= 4 is 5.84 Å². The molecule has 17 heavy (non-hydrogen) atoms. The smallest absolute Gasteiger partial charge is 0.341 e. The van der Waals surface area contributed by atoms with Crippen molar-refractivity contribution in [2.75, 3.05) is 0 Å². The summed E-state index contributed by atoms with van der Waals surface area (Å²) in [6.45, 7) is 1.93. The number of amidine groups is 1. The second-order valence-corrected chi connectivity index (χ2v) is 3.72. The van der Waals surface area contributed by atoms with E-state index in [-0.39, 0.29) is 11.8 Å². The Morgan fingerprint density at radius 3 is 2.82 bits per heavy atom. The van der Waals surface area contributed by atoms with Crippen molar-refractivity contribution in [1.82, 2.24) is 14.8 Å². The summed E-state index contributed by atoms with van der Waals surface area (Å²) in [6.07, 6.45) is 1.54. The summed E-state index contributed by atoms with van der Waals surface area (Å²) in [4.78, 5) is 3.95. The molecule has 0 aliphatic carbocycles. The summed E-state index contributed by atoms with van der Waals surface area (Å²) < 4.78 is 7.02. The Bertz CT molecular complexity index is 561. The van der Waals surface area contributed by atoms with Gasteiger partial charge >= 0.3 is 6.01 Å². The lowest BCUT2D eigenvalue weighted by atomic mass is 10.1. The number of rotatable bonds is 3. The first-order chi connectivity index (χ1) is 8.06. The maximum absolute atomic E-state index is 7.50. The number of benzene rings is 1. The maximum Gasteiger partial charge on any atom is 0.341 e. The summed E-state index contributed by atoms with van der Waals surface area (Å²) >= 11 is 0. The minimum atomic E-state index is -0.0420. The molecule has 0 aliphatic rings. The van der Waals surface area contributed by atoms with Crippen molar-refractivity contribution in [3.63, 3.8) is 0 Å². The van der Waals surface area contributed by atoms with Crippen LogP contribution in [0.4, 0.5) is 0 Å². The Morgan fingerprint density at radius 2 is 2.24 bits per heavy atom. The lowest BCUT2D eigenvalue weighted by Gasteiger charge is -2.08. The number of nitrogen functional groups attached to an aromatic ring is 1. The molecule has 6 heteroatoms. The number of aryl methyl sites for hydroxylation is 2. The number of hydrogen-bond donors (Lipinski definition) is 2. The fraction of sp³-hybridized carbons (Fsp3) is 0.182. The number of hydrogen-bond acceptors (Lipinski definition) is 4. The topological polar surface area (TPSA) is 89.8 Å². The fourth-order valence-electron chi connectivity index (χ4n) is 1.41. The molecular weight excluding hydrogens is 218 g/mol. The number of nitrogens with one attached hydrogen (secondary N) is 1. The third-order valence-corrected chi connectivity index (χ3v) is 2.21. The first-order valence-electron chi connectivity index (χ1n) is 5.05. The van der Waals surface area contributed by atoms with E-state index in [2.05, 4.69) is 10.1 Å². The molecule has 0 amide bonds. The van der Waals surface area contributed by atoms with Gasteiger partial charge in [-0.2, -0.15) is 4.98 Å². The molecule has 1 aromatic heterocycles. The standard InChI is InChI=1S/C11H13N5O/c1-7-3-4-9(8(5-7)10(12)13)17-11-14-6-16(2)15-11/h3-6H,1-2H3,(H3,12,13). The van der Waals surface area contributed by atoms with Crippen LogP contribution in [-0.4, -0.2) is 20.6 Å². The Labute approximate surface area is 98.5 Å². The van der Waals surface area contributed by atoms with Crippen molar-refractivity contribution in [2.24, 2.45) is 12.8 Å². The summed E-state index contributed by atoms with van der Waals surface area (Å²) in [5.41, 5.74) is 7.05. The number of nitrogens with zero attached hydrogens (tertiary/aromatic N) is 3. The third kappa shape index (κ3) is 2.41. The Morgan fingerprint density at radius 1 is 1.47 bits per heavy atom. The molecule has 1 heterocycles. The predicted molar refractivity (Wildman–Crippen MR) is 63.3 cm³/mol. The fourth-order valence-corrected chi connectivity index (χ4v) is 1.41. The van der Waals surface area contributed by atoms with Gasteiger partial charge in [-0.05, 0) is 19.1 Å². The van der Waals surface area contributed by atoms with E-state index in [1.54, 1.807) is 19.2 Å². The average molecular weight is 231 g/mol. The van der Waals surface area contributed by atoms with Crippen LogP contribution in [0.2, 0.25) is 0 Å². The van der Waals surface area contributed by atoms with Gasteiger partial charge in [-0.3, -0.25) is 10.1 Å². The van der Waals surface area contributed by atoms with Gasteiger partial charge in [0.05, 0.1) is 5.56 Å². The first-order valence-corrected chi connectivity index (χ1v) is 5.05. The molecule has 2 rings (SSSR count). The van der Waals surface area contributed by atoms with Gasteiger partial charge in [0.1, 0.15) is 17.9 Å². The van der Waals surface area contributed by atoms with E-state index in [4.69, 9.17) is 15.9 Å². The highest BCUT2D eigenvalue weighted by Crippen LogP contribution is 2.23. The van der Waals surface area contributed by atoms with E-state index in [1.807, 2.05) is 13.0 Å². The SMILES string of the molecule is Cc1ccc(Oc2ncn(C)n2)c(C(=N)N)c1. The second kappa shape index (κ2) is 4.25. The van der Waals surface area contributed by atoms with Crippen LogP contribution in [0.25, 0.3) is 0 Å². The van der Waals surface area contributed by atoms with Gasteiger partial charge in [0, 0.05) is 7.05 Å². The summed E-state index contributed by atoms with van der Waals surface area (Å²) in [7, 11) is 1.75. The van der Waals surface area contributed by atoms with Crippen LogP contribution in [0.15, 0.2) is 24.5 Å². The largest absolute Gasteiger partial charge is 0.422 e. The van der Waals surface area contributed by atoms with Crippen LogP contribution < -0.4 is 10.5 Å². The number of ether oxygens (including phenoxy) is 1. The first kappa shape index (κ1) is 11.1. The highest BCUT2D eigenvalue weighted by Gasteiger charge is 2.10. The number of aromatic nitrogens is 3. The van der Waals surface area contributed by atoms with Crippen molar-refractivity contribution in [1.29, 1.82) is 5.41 Å². The third-order valence-electron chi connectivity index (χ3n) is 2.21. The quantitative estimate of drug-likeness (QED) is 0.613. The Balaban J connectivity index is 2.35. The molecule has 2 aromatic rings. The minimum absolute atomic E-state index is 0.0420. The van der Waals surface area contributed by atoms with Crippen LogP contribution in [-0.2, 0) is 7.05 Å². The highest BCUT2D eigenvalue weighted by molar-refractivity contribution is 5.97. The van der Waals surface area contributed by atoms with E-state index < -0.39 is 0 Å². The molecule has 0 atom stereocenters. The summed E-state index contributed by atoms with van der Waals surface area (Å²) in [5, 5.41) is 11.5. The average Bonchev–Trinajstić information content (AvgIpc) is 2.66. The van der Waals surface area contributed by atoms with E-state index in [1.165, 1.54) is 11.0 Å². The van der Waals surface area contributed by atoms with Gasteiger partial charge in [0.2, 0.25) is 0 Å². The highest BCUT2D eigenvalue weighted by atomic mass is 16.5. The molecule has 1 aromatic carbocycles. The molecule has 3 N–H and O–H groups in total. The molecule has 0 radical (unpaired) electrons. The molecule has 0 aliphatic heterocycles. The van der Waals surface area contributed by atoms with Crippen LogP contribution in [0.1, 0.15) is 11.1 Å². The summed E-state index contributed by atoms with van der Waals surface area (Å²) in [5.74, 6) is 0.439. The Kier molecular flexibility index (Phi) is 2.78. The molecular formula is C11H13N5O. The van der Waals surface area contributed by atoms with Gasteiger partial charge in [-0.15, -0.1) is 5.10 Å². The lowest BCUT2D eigenvalue weighted by Crippen LogP contribution is -2.12. The van der Waals surface area contributed by atoms with E-state index >= 15 is 0 Å². The molecule has 0 saturated heterocycles.